The number of hydrogen-bond donors (Lipinski definition) is 1. The minimum Gasteiger partial charge on any atom is -0.457 e. The second-order valence-corrected chi connectivity index (χ2v) is 9.81. The van der Waals surface area contributed by atoms with E-state index in [9.17, 15) is 0 Å². The summed E-state index contributed by atoms with van der Waals surface area (Å²) >= 11 is 0. The van der Waals surface area contributed by atoms with E-state index in [1.807, 2.05) is 42.5 Å². The number of nitrogens with zero attached hydrogens (tertiary/aromatic N) is 5. The van der Waals surface area contributed by atoms with Gasteiger partial charge < -0.3 is 19.9 Å². The number of aromatic nitrogens is 3. The van der Waals surface area contributed by atoms with E-state index < -0.39 is 0 Å². The first-order chi connectivity index (χ1) is 17.2. The number of piperazine rings is 1. The molecular formula is C28H32N6O. The van der Waals surface area contributed by atoms with Crippen LogP contribution >= 0.6 is 0 Å². The lowest BCUT2D eigenvalue weighted by Crippen LogP contribution is -2.48. The minimum absolute atomic E-state index is 0.422. The monoisotopic (exact) mass is 468 g/mol. The van der Waals surface area contributed by atoms with E-state index in [1.54, 1.807) is 6.33 Å². The van der Waals surface area contributed by atoms with Crippen LogP contribution in [0.15, 0.2) is 67.1 Å². The molecule has 2 aromatic heterocycles. The Morgan fingerprint density at radius 2 is 1.57 bits per heavy atom. The molecule has 6 rings (SSSR count). The van der Waals surface area contributed by atoms with Crippen molar-refractivity contribution < 1.29 is 4.74 Å². The molecule has 1 saturated heterocycles. The Kier molecular flexibility index (Phi) is 5.88. The standard InChI is InChI=1S/C28H32N6O/c1-32-13-15-33(16-14-32)21-9-10-22(17-21)34-18-25(26-27(29)30-19-31-28(26)34)20-7-11-24(12-8-20)35-23-5-3-2-4-6-23/h2-8,11-12,18-19,21-22H,9-10,13-17H2,1H3,(H2,29,30,31). The number of hydrogen-bond acceptors (Lipinski definition) is 6. The lowest BCUT2D eigenvalue weighted by molar-refractivity contribution is 0.112. The summed E-state index contributed by atoms with van der Waals surface area (Å²) in [5.74, 6) is 2.16. The second-order valence-electron chi connectivity index (χ2n) is 9.81. The van der Waals surface area contributed by atoms with Crippen molar-refractivity contribution >= 4 is 16.9 Å². The molecule has 180 valence electrons. The van der Waals surface area contributed by atoms with Crippen LogP contribution in [-0.2, 0) is 0 Å². The van der Waals surface area contributed by atoms with Crippen LogP contribution < -0.4 is 10.5 Å². The molecule has 1 aliphatic carbocycles. The van der Waals surface area contributed by atoms with Gasteiger partial charge >= 0.3 is 0 Å². The van der Waals surface area contributed by atoms with Gasteiger partial charge in [0.05, 0.1) is 5.39 Å². The van der Waals surface area contributed by atoms with Gasteiger partial charge in [-0.3, -0.25) is 4.90 Å². The molecule has 1 saturated carbocycles. The van der Waals surface area contributed by atoms with Gasteiger partial charge in [0.2, 0.25) is 0 Å². The number of ether oxygens (including phenoxy) is 1. The summed E-state index contributed by atoms with van der Waals surface area (Å²) in [6.45, 7) is 4.65. The number of benzene rings is 2. The molecule has 7 nitrogen and oxygen atoms in total. The average molecular weight is 469 g/mol. The maximum Gasteiger partial charge on any atom is 0.146 e. The molecule has 2 atom stereocenters. The number of nitrogens with two attached hydrogens (primary N) is 1. The largest absolute Gasteiger partial charge is 0.457 e. The van der Waals surface area contributed by atoms with E-state index in [0.29, 0.717) is 17.9 Å². The predicted molar refractivity (Wildman–Crippen MR) is 140 cm³/mol. The Bertz CT molecular complexity index is 1290. The first kappa shape index (κ1) is 22.1. The fourth-order valence-corrected chi connectivity index (χ4v) is 5.64. The first-order valence-corrected chi connectivity index (χ1v) is 12.5. The molecule has 1 aliphatic heterocycles. The highest BCUT2D eigenvalue weighted by molar-refractivity contribution is 6.00. The third-order valence-corrected chi connectivity index (χ3v) is 7.61. The molecule has 2 unspecified atom stereocenters. The van der Waals surface area contributed by atoms with Crippen LogP contribution in [0.5, 0.6) is 11.5 Å². The summed E-state index contributed by atoms with van der Waals surface area (Å²) in [5, 5.41) is 0.937. The van der Waals surface area contributed by atoms with Crippen molar-refractivity contribution in [3.8, 4) is 22.6 Å². The summed E-state index contributed by atoms with van der Waals surface area (Å²) in [5.41, 5.74) is 9.49. The molecule has 2 aromatic carbocycles. The van der Waals surface area contributed by atoms with Crippen LogP contribution in [0.3, 0.4) is 0 Å². The fraction of sp³-hybridized carbons (Fsp3) is 0.357. The average Bonchev–Trinajstić information content (AvgIpc) is 3.52. The molecule has 0 bridgehead atoms. The Labute approximate surface area is 206 Å². The maximum atomic E-state index is 6.39. The third kappa shape index (κ3) is 4.37. The Balaban J connectivity index is 1.28. The number of para-hydroxylation sites is 1. The zero-order chi connectivity index (χ0) is 23.8. The Morgan fingerprint density at radius 1 is 0.857 bits per heavy atom. The number of rotatable bonds is 5. The van der Waals surface area contributed by atoms with Crippen LogP contribution in [0.4, 0.5) is 5.82 Å². The van der Waals surface area contributed by atoms with E-state index in [4.69, 9.17) is 10.5 Å². The van der Waals surface area contributed by atoms with Gasteiger partial charge in [-0.15, -0.1) is 0 Å². The summed E-state index contributed by atoms with van der Waals surface area (Å²) in [6, 6.07) is 19.1. The summed E-state index contributed by atoms with van der Waals surface area (Å²) in [4.78, 5) is 14.1. The van der Waals surface area contributed by atoms with Crippen molar-refractivity contribution in [2.24, 2.45) is 0 Å². The molecule has 0 spiro atoms. The van der Waals surface area contributed by atoms with Crippen LogP contribution in [0.1, 0.15) is 25.3 Å². The molecule has 2 N–H and O–H groups in total. The van der Waals surface area contributed by atoms with Crippen molar-refractivity contribution in [3.05, 3.63) is 67.1 Å². The highest BCUT2D eigenvalue weighted by atomic mass is 16.5. The van der Waals surface area contributed by atoms with E-state index in [2.05, 4.69) is 49.7 Å². The number of anilines is 1. The number of fused-ring (bicyclic) bond motifs is 1. The summed E-state index contributed by atoms with van der Waals surface area (Å²) in [6.07, 6.45) is 7.37. The second kappa shape index (κ2) is 9.32. The van der Waals surface area contributed by atoms with E-state index >= 15 is 0 Å². The topological polar surface area (TPSA) is 72.4 Å². The first-order valence-electron chi connectivity index (χ1n) is 12.5. The van der Waals surface area contributed by atoms with Gasteiger partial charge in [-0.1, -0.05) is 30.3 Å². The molecule has 0 radical (unpaired) electrons. The summed E-state index contributed by atoms with van der Waals surface area (Å²) in [7, 11) is 2.21. The lowest BCUT2D eigenvalue weighted by Gasteiger charge is -2.36. The van der Waals surface area contributed by atoms with Crippen molar-refractivity contribution in [2.45, 2.75) is 31.3 Å². The van der Waals surface area contributed by atoms with Crippen molar-refractivity contribution in [2.75, 3.05) is 39.0 Å². The van der Waals surface area contributed by atoms with E-state index in [0.717, 1.165) is 72.7 Å². The molecular weight excluding hydrogens is 436 g/mol. The molecule has 2 aliphatic rings. The van der Waals surface area contributed by atoms with Gasteiger partial charge in [0.1, 0.15) is 29.3 Å². The van der Waals surface area contributed by atoms with Crippen molar-refractivity contribution in [3.63, 3.8) is 0 Å². The van der Waals surface area contributed by atoms with E-state index in [1.165, 1.54) is 6.42 Å². The minimum atomic E-state index is 0.422. The molecule has 4 aromatic rings. The smallest absolute Gasteiger partial charge is 0.146 e. The highest BCUT2D eigenvalue weighted by Crippen LogP contribution is 2.40. The van der Waals surface area contributed by atoms with Gasteiger partial charge in [0.15, 0.2) is 0 Å². The Hall–Kier alpha value is -3.42. The predicted octanol–water partition coefficient (Wildman–Crippen LogP) is 4.81. The third-order valence-electron chi connectivity index (χ3n) is 7.61. The quantitative estimate of drug-likeness (QED) is 0.453. The molecule has 7 heteroatoms. The maximum absolute atomic E-state index is 6.39. The van der Waals surface area contributed by atoms with Crippen molar-refractivity contribution in [1.29, 1.82) is 0 Å². The van der Waals surface area contributed by atoms with Gasteiger partial charge in [-0.25, -0.2) is 9.97 Å². The molecule has 35 heavy (non-hydrogen) atoms. The van der Waals surface area contributed by atoms with Crippen LogP contribution in [0.2, 0.25) is 0 Å². The summed E-state index contributed by atoms with van der Waals surface area (Å²) < 4.78 is 8.34. The zero-order valence-corrected chi connectivity index (χ0v) is 20.2. The highest BCUT2D eigenvalue weighted by Gasteiger charge is 2.33. The number of likely N-dealkylation sites (N-methyl/N-ethyl adjacent to an activating group) is 1. The lowest BCUT2D eigenvalue weighted by atomic mass is 10.1. The van der Waals surface area contributed by atoms with Gasteiger partial charge in [0.25, 0.3) is 0 Å². The molecule has 0 amide bonds. The fourth-order valence-electron chi connectivity index (χ4n) is 5.64. The SMILES string of the molecule is CN1CCN(C2CCC(n3cc(-c4ccc(Oc5ccccc5)cc4)c4c(N)ncnc43)C2)CC1. The normalized spacial score (nSPS) is 21.5. The van der Waals surface area contributed by atoms with Gasteiger partial charge in [-0.2, -0.15) is 0 Å². The Morgan fingerprint density at radius 3 is 2.34 bits per heavy atom. The zero-order valence-electron chi connectivity index (χ0n) is 20.2. The van der Waals surface area contributed by atoms with Crippen molar-refractivity contribution in [1.82, 2.24) is 24.3 Å². The van der Waals surface area contributed by atoms with Crippen LogP contribution in [0.25, 0.3) is 22.2 Å². The molecule has 3 heterocycles. The van der Waals surface area contributed by atoms with Gasteiger partial charge in [0, 0.05) is 50.0 Å². The van der Waals surface area contributed by atoms with E-state index in [-0.39, 0.29) is 0 Å². The number of nitrogen functional groups attached to an aromatic ring is 1. The van der Waals surface area contributed by atoms with Gasteiger partial charge in [-0.05, 0) is 56.1 Å². The van der Waals surface area contributed by atoms with Crippen LogP contribution in [-0.4, -0.2) is 63.6 Å². The molecule has 2 fully saturated rings. The van der Waals surface area contributed by atoms with Crippen LogP contribution in [0, 0.1) is 0 Å².